The van der Waals surface area contributed by atoms with E-state index >= 15 is 0 Å². The van der Waals surface area contributed by atoms with Crippen LogP contribution in [0.4, 0.5) is 5.69 Å². The monoisotopic (exact) mass is 485 g/mol. The standard InChI is InChI=1S/C29H35N5O2/c1-20-7-9-23(10-8-20)19-34-22(3)27(21(2)32-34)11-12-28(35)31-26-6-4-5-24(17-26)18-33-15-13-25(14-16-33)29(30)36/h4-12,17,25H,13-16,18-19H2,1-3H3,(H2,30,36)(H,31,35)/b12-11+. The number of nitrogens with two attached hydrogens (primary N) is 1. The lowest BCUT2D eigenvalue weighted by molar-refractivity contribution is -0.123. The molecule has 2 aromatic carbocycles. The van der Waals surface area contributed by atoms with Crippen LogP contribution in [0.2, 0.25) is 0 Å². The molecule has 1 aromatic heterocycles. The number of hydrogen-bond acceptors (Lipinski definition) is 4. The number of rotatable bonds is 8. The number of hydrogen-bond donors (Lipinski definition) is 2. The first-order valence-electron chi connectivity index (χ1n) is 12.5. The molecule has 1 fully saturated rings. The van der Waals surface area contributed by atoms with Crippen molar-refractivity contribution in [1.82, 2.24) is 14.7 Å². The predicted molar refractivity (Wildman–Crippen MR) is 143 cm³/mol. The number of primary amides is 1. The van der Waals surface area contributed by atoms with Crippen molar-refractivity contribution in [2.24, 2.45) is 11.7 Å². The Labute approximate surface area is 213 Å². The van der Waals surface area contributed by atoms with Crippen molar-refractivity contribution in [3.05, 3.63) is 88.2 Å². The number of piperidine rings is 1. The van der Waals surface area contributed by atoms with E-state index in [2.05, 4.69) is 52.6 Å². The highest BCUT2D eigenvalue weighted by Gasteiger charge is 2.23. The summed E-state index contributed by atoms with van der Waals surface area (Å²) in [5, 5.41) is 7.64. The molecule has 0 saturated carbocycles. The number of anilines is 1. The summed E-state index contributed by atoms with van der Waals surface area (Å²) in [4.78, 5) is 26.4. The van der Waals surface area contributed by atoms with E-state index in [0.717, 1.165) is 60.7 Å². The molecule has 2 amide bonds. The van der Waals surface area contributed by atoms with Crippen LogP contribution in [0.3, 0.4) is 0 Å². The minimum absolute atomic E-state index is 0.0133. The Kier molecular flexibility index (Phi) is 8.00. The van der Waals surface area contributed by atoms with Crippen LogP contribution >= 0.6 is 0 Å². The highest BCUT2D eigenvalue weighted by Crippen LogP contribution is 2.21. The molecule has 1 aliphatic heterocycles. The van der Waals surface area contributed by atoms with E-state index in [9.17, 15) is 9.59 Å². The molecule has 7 heteroatoms. The zero-order valence-electron chi connectivity index (χ0n) is 21.3. The van der Waals surface area contributed by atoms with Crippen LogP contribution in [0.15, 0.2) is 54.6 Å². The molecule has 0 aliphatic carbocycles. The van der Waals surface area contributed by atoms with Gasteiger partial charge < -0.3 is 11.1 Å². The number of amides is 2. The third-order valence-electron chi connectivity index (χ3n) is 6.88. The van der Waals surface area contributed by atoms with Gasteiger partial charge in [0.2, 0.25) is 11.8 Å². The number of carbonyl (C=O) groups is 2. The van der Waals surface area contributed by atoms with Gasteiger partial charge in [-0.15, -0.1) is 0 Å². The lowest BCUT2D eigenvalue weighted by Gasteiger charge is -2.30. The Morgan fingerprint density at radius 1 is 1.03 bits per heavy atom. The molecule has 3 N–H and O–H groups in total. The zero-order valence-corrected chi connectivity index (χ0v) is 21.3. The van der Waals surface area contributed by atoms with Crippen molar-refractivity contribution in [2.45, 2.75) is 46.7 Å². The molecule has 7 nitrogen and oxygen atoms in total. The summed E-state index contributed by atoms with van der Waals surface area (Å²) < 4.78 is 1.98. The molecule has 0 unspecified atom stereocenters. The van der Waals surface area contributed by atoms with Crippen molar-refractivity contribution in [3.8, 4) is 0 Å². The summed E-state index contributed by atoms with van der Waals surface area (Å²) in [6.07, 6.45) is 5.01. The minimum Gasteiger partial charge on any atom is -0.369 e. The number of nitrogens with one attached hydrogen (secondary N) is 1. The second kappa shape index (κ2) is 11.4. The van der Waals surface area contributed by atoms with Gasteiger partial charge in [-0.3, -0.25) is 19.2 Å². The molecule has 0 radical (unpaired) electrons. The van der Waals surface area contributed by atoms with Gasteiger partial charge in [0.05, 0.1) is 12.2 Å². The number of benzene rings is 2. The van der Waals surface area contributed by atoms with Crippen LogP contribution < -0.4 is 11.1 Å². The molecule has 1 aliphatic rings. The normalized spacial score (nSPS) is 14.9. The van der Waals surface area contributed by atoms with E-state index in [1.54, 1.807) is 6.08 Å². The van der Waals surface area contributed by atoms with Crippen LogP contribution in [0, 0.1) is 26.7 Å². The van der Waals surface area contributed by atoms with Gasteiger partial charge in [0, 0.05) is 35.5 Å². The van der Waals surface area contributed by atoms with Crippen LogP contribution in [-0.2, 0) is 22.7 Å². The first-order chi connectivity index (χ1) is 17.3. The number of aromatic nitrogens is 2. The Bertz CT molecular complexity index is 1250. The average molecular weight is 486 g/mol. The topological polar surface area (TPSA) is 93.2 Å². The largest absolute Gasteiger partial charge is 0.369 e. The predicted octanol–water partition coefficient (Wildman–Crippen LogP) is 4.21. The summed E-state index contributed by atoms with van der Waals surface area (Å²) in [7, 11) is 0. The molecule has 4 rings (SSSR count). The van der Waals surface area contributed by atoms with Gasteiger partial charge in [-0.05, 0) is 76.0 Å². The van der Waals surface area contributed by atoms with Crippen molar-refractivity contribution < 1.29 is 9.59 Å². The fourth-order valence-electron chi connectivity index (χ4n) is 4.70. The van der Waals surface area contributed by atoms with Crippen LogP contribution in [0.1, 0.15) is 46.5 Å². The Balaban J connectivity index is 1.35. The number of aryl methyl sites for hydroxylation is 2. The van der Waals surface area contributed by atoms with E-state index in [1.807, 2.05) is 42.8 Å². The Morgan fingerprint density at radius 2 is 1.75 bits per heavy atom. The molecule has 0 atom stereocenters. The fourth-order valence-corrected chi connectivity index (χ4v) is 4.70. The molecular weight excluding hydrogens is 450 g/mol. The van der Waals surface area contributed by atoms with Crippen molar-refractivity contribution in [1.29, 1.82) is 0 Å². The molecular formula is C29H35N5O2. The van der Waals surface area contributed by atoms with Gasteiger partial charge in [-0.25, -0.2) is 0 Å². The number of nitrogens with zero attached hydrogens (tertiary/aromatic N) is 3. The van der Waals surface area contributed by atoms with E-state index in [4.69, 9.17) is 5.73 Å². The second-order valence-corrected chi connectivity index (χ2v) is 9.70. The van der Waals surface area contributed by atoms with Crippen LogP contribution in [0.5, 0.6) is 0 Å². The quantitative estimate of drug-likeness (QED) is 0.468. The first kappa shape index (κ1) is 25.4. The zero-order chi connectivity index (χ0) is 25.7. The maximum Gasteiger partial charge on any atom is 0.248 e. The SMILES string of the molecule is Cc1ccc(Cn2nc(C)c(/C=C/C(=O)Nc3cccc(CN4CCC(C(N)=O)CC4)c3)c2C)cc1. The minimum atomic E-state index is -0.198. The highest BCUT2D eigenvalue weighted by molar-refractivity contribution is 6.02. The van der Waals surface area contributed by atoms with Crippen LogP contribution in [-0.4, -0.2) is 39.6 Å². The number of carbonyl (C=O) groups excluding carboxylic acids is 2. The van der Waals surface area contributed by atoms with Gasteiger partial charge in [0.1, 0.15) is 0 Å². The Morgan fingerprint density at radius 3 is 2.44 bits per heavy atom. The lowest BCUT2D eigenvalue weighted by atomic mass is 9.96. The van der Waals surface area contributed by atoms with E-state index in [-0.39, 0.29) is 17.7 Å². The van der Waals surface area contributed by atoms with Gasteiger partial charge in [-0.1, -0.05) is 42.0 Å². The van der Waals surface area contributed by atoms with Crippen molar-refractivity contribution >= 4 is 23.6 Å². The average Bonchev–Trinajstić information content (AvgIpc) is 3.11. The third kappa shape index (κ3) is 6.49. The summed E-state index contributed by atoms with van der Waals surface area (Å²) in [5.41, 5.74) is 12.6. The maximum atomic E-state index is 12.7. The molecule has 188 valence electrons. The molecule has 3 aromatic rings. The van der Waals surface area contributed by atoms with E-state index in [1.165, 1.54) is 11.1 Å². The van der Waals surface area contributed by atoms with E-state index < -0.39 is 0 Å². The van der Waals surface area contributed by atoms with Gasteiger partial charge >= 0.3 is 0 Å². The molecule has 2 heterocycles. The smallest absolute Gasteiger partial charge is 0.248 e. The third-order valence-corrected chi connectivity index (χ3v) is 6.88. The second-order valence-electron chi connectivity index (χ2n) is 9.70. The number of likely N-dealkylation sites (tertiary alicyclic amines) is 1. The Hall–Kier alpha value is -3.71. The van der Waals surface area contributed by atoms with Crippen molar-refractivity contribution in [2.75, 3.05) is 18.4 Å². The summed E-state index contributed by atoms with van der Waals surface area (Å²) >= 11 is 0. The summed E-state index contributed by atoms with van der Waals surface area (Å²) in [6, 6.07) is 16.3. The van der Waals surface area contributed by atoms with Crippen molar-refractivity contribution in [3.63, 3.8) is 0 Å². The van der Waals surface area contributed by atoms with Crippen LogP contribution in [0.25, 0.3) is 6.08 Å². The first-order valence-corrected chi connectivity index (χ1v) is 12.5. The highest BCUT2D eigenvalue weighted by atomic mass is 16.1. The molecule has 36 heavy (non-hydrogen) atoms. The molecule has 0 bridgehead atoms. The maximum absolute atomic E-state index is 12.7. The molecule has 1 saturated heterocycles. The molecule has 0 spiro atoms. The summed E-state index contributed by atoms with van der Waals surface area (Å²) in [6.45, 7) is 9.25. The summed E-state index contributed by atoms with van der Waals surface area (Å²) in [5.74, 6) is -0.392. The van der Waals surface area contributed by atoms with Gasteiger partial charge in [0.15, 0.2) is 0 Å². The van der Waals surface area contributed by atoms with Gasteiger partial charge in [0.25, 0.3) is 0 Å². The van der Waals surface area contributed by atoms with Gasteiger partial charge in [-0.2, -0.15) is 5.10 Å². The van der Waals surface area contributed by atoms with E-state index in [0.29, 0.717) is 6.54 Å². The lowest BCUT2D eigenvalue weighted by Crippen LogP contribution is -2.38. The fraction of sp³-hybridized carbons (Fsp3) is 0.345.